The average Bonchev–Trinajstić information content (AvgIpc) is 2.81. The Morgan fingerprint density at radius 1 is 0.875 bits per heavy atom. The van der Waals surface area contributed by atoms with E-state index in [0.717, 1.165) is 18.5 Å². The molecule has 32 heavy (non-hydrogen) atoms. The zero-order valence-corrected chi connectivity index (χ0v) is 17.8. The Morgan fingerprint density at radius 3 is 2.31 bits per heavy atom. The highest BCUT2D eigenvalue weighted by molar-refractivity contribution is 6.30. The largest absolute Gasteiger partial charge is 0.321 e. The van der Waals surface area contributed by atoms with Gasteiger partial charge in [-0.1, -0.05) is 11.6 Å². The van der Waals surface area contributed by atoms with E-state index < -0.39 is 11.8 Å². The Balaban J connectivity index is 1.46. The van der Waals surface area contributed by atoms with Crippen molar-refractivity contribution in [2.75, 3.05) is 22.1 Å². The molecule has 3 aromatic rings. The van der Waals surface area contributed by atoms with E-state index >= 15 is 0 Å². The van der Waals surface area contributed by atoms with Gasteiger partial charge in [-0.05, 0) is 61.4 Å². The van der Waals surface area contributed by atoms with E-state index in [0.29, 0.717) is 29.2 Å². The van der Waals surface area contributed by atoms with Gasteiger partial charge in [-0.3, -0.25) is 14.4 Å². The highest BCUT2D eigenvalue weighted by atomic mass is 35.5. The molecule has 1 aromatic heterocycles. The average molecular weight is 450 g/mol. The number of benzene rings is 2. The number of carbonyl (C=O) groups is 3. The zero-order chi connectivity index (χ0) is 22.5. The molecule has 0 atom stereocenters. The predicted molar refractivity (Wildman–Crippen MR) is 122 cm³/mol. The van der Waals surface area contributed by atoms with Crippen molar-refractivity contribution in [1.29, 1.82) is 0 Å². The van der Waals surface area contributed by atoms with Crippen LogP contribution in [0.1, 0.15) is 40.1 Å². The van der Waals surface area contributed by atoms with E-state index in [1.54, 1.807) is 53.4 Å². The van der Waals surface area contributed by atoms with E-state index in [9.17, 15) is 14.4 Å². The van der Waals surface area contributed by atoms with Crippen molar-refractivity contribution in [3.05, 3.63) is 77.2 Å². The molecule has 0 unspecified atom stereocenters. The highest BCUT2D eigenvalue weighted by Gasteiger charge is 2.20. The second-order valence-electron chi connectivity index (χ2n) is 7.22. The lowest BCUT2D eigenvalue weighted by molar-refractivity contribution is -0.119. The first-order valence-electron chi connectivity index (χ1n) is 10.1. The topological polar surface area (TPSA) is 104 Å². The summed E-state index contributed by atoms with van der Waals surface area (Å²) in [7, 11) is 0. The Hall–Kier alpha value is -3.78. The third kappa shape index (κ3) is 4.92. The maximum absolute atomic E-state index is 12.8. The minimum Gasteiger partial charge on any atom is -0.321 e. The lowest BCUT2D eigenvalue weighted by atomic mass is 10.1. The summed E-state index contributed by atoms with van der Waals surface area (Å²) in [5, 5.41) is 5.87. The summed E-state index contributed by atoms with van der Waals surface area (Å²) in [6.07, 6.45) is 5.20. The first-order valence-corrected chi connectivity index (χ1v) is 10.5. The fraction of sp³-hybridized carbons (Fsp3) is 0.174. The van der Waals surface area contributed by atoms with Gasteiger partial charge in [-0.2, -0.15) is 0 Å². The zero-order valence-electron chi connectivity index (χ0n) is 17.0. The number of halogens is 1. The number of nitrogens with zero attached hydrogens (tertiary/aromatic N) is 3. The predicted octanol–water partition coefficient (Wildman–Crippen LogP) is 4.15. The number of carbonyl (C=O) groups excluding carboxylic acids is 3. The van der Waals surface area contributed by atoms with Crippen LogP contribution in [0.3, 0.4) is 0 Å². The molecular weight excluding hydrogens is 430 g/mol. The summed E-state index contributed by atoms with van der Waals surface area (Å²) >= 11 is 5.86. The molecule has 8 nitrogen and oxygen atoms in total. The fourth-order valence-electron chi connectivity index (χ4n) is 3.37. The van der Waals surface area contributed by atoms with Gasteiger partial charge < -0.3 is 15.5 Å². The molecule has 1 saturated heterocycles. The summed E-state index contributed by atoms with van der Waals surface area (Å²) in [5.74, 6) is -0.813. The van der Waals surface area contributed by atoms with Crippen molar-refractivity contribution in [1.82, 2.24) is 9.97 Å². The normalized spacial score (nSPS) is 13.5. The lowest BCUT2D eigenvalue weighted by Gasteiger charge is -2.26. The van der Waals surface area contributed by atoms with E-state index in [1.807, 2.05) is 0 Å². The van der Waals surface area contributed by atoms with Crippen LogP contribution >= 0.6 is 11.6 Å². The monoisotopic (exact) mass is 449 g/mol. The van der Waals surface area contributed by atoms with Gasteiger partial charge >= 0.3 is 0 Å². The molecule has 3 amide bonds. The van der Waals surface area contributed by atoms with Crippen LogP contribution in [0.25, 0.3) is 0 Å². The molecule has 9 heteroatoms. The molecule has 4 rings (SSSR count). The maximum Gasteiger partial charge on any atom is 0.278 e. The Labute approximate surface area is 189 Å². The summed E-state index contributed by atoms with van der Waals surface area (Å²) in [4.78, 5) is 47.3. The van der Waals surface area contributed by atoms with Crippen LogP contribution in [-0.4, -0.2) is 34.2 Å². The molecule has 2 N–H and O–H groups in total. The number of nitrogens with one attached hydrogen (secondary N) is 2. The van der Waals surface area contributed by atoms with E-state index in [4.69, 9.17) is 11.6 Å². The Bertz CT molecular complexity index is 1150. The summed E-state index contributed by atoms with van der Waals surface area (Å²) in [5.41, 5.74) is 1.67. The number of rotatable bonds is 5. The highest BCUT2D eigenvalue weighted by Crippen LogP contribution is 2.23. The van der Waals surface area contributed by atoms with Gasteiger partial charge in [0.05, 0.1) is 0 Å². The van der Waals surface area contributed by atoms with Gasteiger partial charge in [0, 0.05) is 47.3 Å². The van der Waals surface area contributed by atoms with Crippen LogP contribution in [0.4, 0.5) is 17.2 Å². The smallest absolute Gasteiger partial charge is 0.278 e. The van der Waals surface area contributed by atoms with Gasteiger partial charge in [0.1, 0.15) is 0 Å². The van der Waals surface area contributed by atoms with E-state index in [-0.39, 0.29) is 17.4 Å². The van der Waals surface area contributed by atoms with Crippen LogP contribution in [0, 0.1) is 0 Å². The van der Waals surface area contributed by atoms with Gasteiger partial charge in [-0.15, -0.1) is 0 Å². The molecule has 0 radical (unpaired) electrons. The molecular formula is C23H20ClN5O3. The number of anilines is 3. The first-order chi connectivity index (χ1) is 15.5. The van der Waals surface area contributed by atoms with Crippen molar-refractivity contribution in [3.63, 3.8) is 0 Å². The number of amides is 3. The van der Waals surface area contributed by atoms with Crippen molar-refractivity contribution in [2.45, 2.75) is 19.3 Å². The third-order valence-corrected chi connectivity index (χ3v) is 5.26. The first kappa shape index (κ1) is 21.5. The van der Waals surface area contributed by atoms with Crippen molar-refractivity contribution < 1.29 is 14.4 Å². The molecule has 1 fully saturated rings. The minimum absolute atomic E-state index is 0.0231. The number of hydrogen-bond acceptors (Lipinski definition) is 5. The third-order valence-electron chi connectivity index (χ3n) is 5.01. The minimum atomic E-state index is -0.522. The maximum atomic E-state index is 12.8. The Kier molecular flexibility index (Phi) is 6.42. The van der Waals surface area contributed by atoms with E-state index in [1.165, 1.54) is 12.4 Å². The molecule has 0 spiro atoms. The number of aromatic nitrogens is 2. The van der Waals surface area contributed by atoms with Crippen molar-refractivity contribution >= 4 is 46.5 Å². The molecule has 1 aliphatic rings. The quantitative estimate of drug-likeness (QED) is 0.608. The molecule has 0 saturated carbocycles. The SMILES string of the molecule is O=C(Nc1nccnc1C(=O)Nc1ccc(N2CCCCC2=O)cc1)c1ccc(Cl)cc1. The molecule has 2 heterocycles. The van der Waals surface area contributed by atoms with Gasteiger partial charge in [0.2, 0.25) is 5.91 Å². The molecule has 0 aliphatic carbocycles. The van der Waals surface area contributed by atoms with Crippen molar-refractivity contribution in [3.8, 4) is 0 Å². The number of piperidine rings is 1. The van der Waals surface area contributed by atoms with Crippen LogP contribution in [0.2, 0.25) is 5.02 Å². The van der Waals surface area contributed by atoms with Gasteiger partial charge in [-0.25, -0.2) is 9.97 Å². The van der Waals surface area contributed by atoms with Gasteiger partial charge in [0.25, 0.3) is 11.8 Å². The summed E-state index contributed by atoms with van der Waals surface area (Å²) in [6, 6.07) is 13.4. The van der Waals surface area contributed by atoms with Crippen LogP contribution < -0.4 is 15.5 Å². The number of hydrogen-bond donors (Lipinski definition) is 2. The van der Waals surface area contributed by atoms with Gasteiger partial charge in [0.15, 0.2) is 11.5 Å². The van der Waals surface area contributed by atoms with Crippen molar-refractivity contribution in [2.24, 2.45) is 0 Å². The second kappa shape index (κ2) is 9.57. The molecule has 0 bridgehead atoms. The molecule has 162 valence electrons. The van der Waals surface area contributed by atoms with Crippen LogP contribution in [0.5, 0.6) is 0 Å². The molecule has 1 aliphatic heterocycles. The Morgan fingerprint density at radius 2 is 1.59 bits per heavy atom. The standard InChI is InChI=1S/C23H20ClN5O3/c24-16-6-4-15(5-7-16)22(31)28-21-20(25-12-13-26-21)23(32)27-17-8-10-18(11-9-17)29-14-2-1-3-19(29)30/h4-13H,1-3,14H2,(H,27,32)(H,26,28,31). The van der Waals surface area contributed by atoms with E-state index in [2.05, 4.69) is 20.6 Å². The summed E-state index contributed by atoms with van der Waals surface area (Å²) in [6.45, 7) is 0.695. The second-order valence-corrected chi connectivity index (χ2v) is 7.65. The summed E-state index contributed by atoms with van der Waals surface area (Å²) < 4.78 is 0. The van der Waals surface area contributed by atoms with Crippen LogP contribution in [0.15, 0.2) is 60.9 Å². The lowest BCUT2D eigenvalue weighted by Crippen LogP contribution is -2.35. The molecule has 2 aromatic carbocycles. The van der Waals surface area contributed by atoms with Crippen LogP contribution in [-0.2, 0) is 4.79 Å². The fourth-order valence-corrected chi connectivity index (χ4v) is 3.50.